The Balaban J connectivity index is 1.90. The van der Waals surface area contributed by atoms with E-state index in [1.165, 1.54) is 0 Å². The second kappa shape index (κ2) is 8.04. The normalized spacial score (nSPS) is 14.5. The lowest BCUT2D eigenvalue weighted by Gasteiger charge is -2.16. The number of anilines is 1. The molecule has 1 fully saturated rings. The topological polar surface area (TPSA) is 104 Å². The van der Waals surface area contributed by atoms with Gasteiger partial charge in [0, 0.05) is 31.9 Å². The molecule has 1 aliphatic rings. The summed E-state index contributed by atoms with van der Waals surface area (Å²) >= 11 is 0. The third-order valence-corrected chi connectivity index (χ3v) is 3.43. The molecule has 1 aromatic carbocycles. The zero-order valence-corrected chi connectivity index (χ0v) is 13.9. The molecule has 0 spiro atoms. The fourth-order valence-corrected chi connectivity index (χ4v) is 2.20. The number of guanidine groups is 1. The van der Waals surface area contributed by atoms with Crippen LogP contribution in [0.25, 0.3) is 0 Å². The van der Waals surface area contributed by atoms with Gasteiger partial charge in [-0.3, -0.25) is 14.7 Å². The largest absolute Gasteiger partial charge is 0.493 e. The van der Waals surface area contributed by atoms with Crippen LogP contribution in [0.5, 0.6) is 11.5 Å². The standard InChI is InChI=1S/C15H21N5O4/c1-16-14(17-6-7-20-13(21)9-18-15(20)22)19-10-4-5-11(23-2)12(8-10)24-3/h4-5,8H,6-7,9H2,1-3H3,(H,18,22)(H2,16,17,19). The van der Waals surface area contributed by atoms with Crippen LogP contribution in [0.2, 0.25) is 0 Å². The number of nitrogens with one attached hydrogen (secondary N) is 3. The molecule has 0 aromatic heterocycles. The SMILES string of the molecule is CN=C(NCCN1C(=O)CNC1=O)Nc1ccc(OC)c(OC)c1. The number of aliphatic imine (C=N–C) groups is 1. The first kappa shape index (κ1) is 17.4. The summed E-state index contributed by atoms with van der Waals surface area (Å²) in [6.07, 6.45) is 0. The number of rotatable bonds is 6. The highest BCUT2D eigenvalue weighted by molar-refractivity contribution is 6.02. The fraction of sp³-hybridized carbons (Fsp3) is 0.400. The van der Waals surface area contributed by atoms with Crippen molar-refractivity contribution in [3.63, 3.8) is 0 Å². The zero-order chi connectivity index (χ0) is 17.5. The van der Waals surface area contributed by atoms with Gasteiger partial charge in [-0.2, -0.15) is 0 Å². The molecule has 1 heterocycles. The molecule has 1 saturated heterocycles. The van der Waals surface area contributed by atoms with Crippen LogP contribution in [0.1, 0.15) is 0 Å². The molecule has 24 heavy (non-hydrogen) atoms. The molecule has 1 aliphatic heterocycles. The highest BCUT2D eigenvalue weighted by atomic mass is 16.5. The molecular formula is C15H21N5O4. The average molecular weight is 335 g/mol. The summed E-state index contributed by atoms with van der Waals surface area (Å²) in [7, 11) is 4.76. The molecule has 2 rings (SSSR count). The molecule has 9 nitrogen and oxygen atoms in total. The smallest absolute Gasteiger partial charge is 0.324 e. The van der Waals surface area contributed by atoms with Crippen LogP contribution in [0.3, 0.4) is 0 Å². The second-order valence-electron chi connectivity index (χ2n) is 4.90. The first-order valence-corrected chi connectivity index (χ1v) is 7.37. The van der Waals surface area contributed by atoms with Gasteiger partial charge in [0.15, 0.2) is 17.5 Å². The highest BCUT2D eigenvalue weighted by Gasteiger charge is 2.27. The van der Waals surface area contributed by atoms with Crippen molar-refractivity contribution in [3.8, 4) is 11.5 Å². The van der Waals surface area contributed by atoms with E-state index in [1.54, 1.807) is 33.4 Å². The lowest BCUT2D eigenvalue weighted by Crippen LogP contribution is -2.40. The van der Waals surface area contributed by atoms with Gasteiger partial charge in [-0.25, -0.2) is 4.79 Å². The molecule has 0 radical (unpaired) electrons. The molecule has 3 N–H and O–H groups in total. The molecule has 0 saturated carbocycles. The Hall–Kier alpha value is -2.97. The number of carbonyl (C=O) groups excluding carboxylic acids is 2. The minimum atomic E-state index is -0.371. The molecule has 0 atom stereocenters. The van der Waals surface area contributed by atoms with Crippen LogP contribution in [-0.2, 0) is 4.79 Å². The van der Waals surface area contributed by atoms with Gasteiger partial charge in [0.2, 0.25) is 5.91 Å². The summed E-state index contributed by atoms with van der Waals surface area (Å²) in [5, 5.41) is 8.62. The monoisotopic (exact) mass is 335 g/mol. The van der Waals surface area contributed by atoms with Gasteiger partial charge in [-0.05, 0) is 12.1 Å². The molecule has 0 bridgehead atoms. The maximum Gasteiger partial charge on any atom is 0.324 e. The zero-order valence-electron chi connectivity index (χ0n) is 13.9. The highest BCUT2D eigenvalue weighted by Crippen LogP contribution is 2.29. The van der Waals surface area contributed by atoms with E-state index in [0.717, 1.165) is 10.6 Å². The summed E-state index contributed by atoms with van der Waals surface area (Å²) in [4.78, 5) is 28.2. The Labute approximate surface area is 140 Å². The Morgan fingerprint density at radius 1 is 1.29 bits per heavy atom. The Morgan fingerprint density at radius 2 is 2.04 bits per heavy atom. The predicted octanol–water partition coefficient (Wildman–Crippen LogP) is 0.243. The van der Waals surface area contributed by atoms with E-state index in [9.17, 15) is 9.59 Å². The summed E-state index contributed by atoms with van der Waals surface area (Å²) in [5.74, 6) is 1.50. The van der Waals surface area contributed by atoms with Gasteiger partial charge in [0.05, 0.1) is 20.8 Å². The van der Waals surface area contributed by atoms with Gasteiger partial charge in [-0.1, -0.05) is 0 Å². The number of amides is 3. The lowest BCUT2D eigenvalue weighted by atomic mass is 10.3. The summed E-state index contributed by atoms with van der Waals surface area (Å²) in [5.41, 5.74) is 0.760. The van der Waals surface area contributed by atoms with Gasteiger partial charge in [-0.15, -0.1) is 0 Å². The lowest BCUT2D eigenvalue weighted by molar-refractivity contribution is -0.124. The first-order chi connectivity index (χ1) is 11.6. The maximum absolute atomic E-state index is 11.5. The van der Waals surface area contributed by atoms with Crippen LogP contribution in [0.15, 0.2) is 23.2 Å². The summed E-state index contributed by atoms with van der Waals surface area (Å²) < 4.78 is 10.4. The van der Waals surface area contributed by atoms with Crippen molar-refractivity contribution in [3.05, 3.63) is 18.2 Å². The van der Waals surface area contributed by atoms with Crippen LogP contribution in [0.4, 0.5) is 10.5 Å². The van der Waals surface area contributed by atoms with Crippen molar-refractivity contribution in [2.75, 3.05) is 46.2 Å². The Kier molecular flexibility index (Phi) is 5.83. The molecule has 3 amide bonds. The maximum atomic E-state index is 11.5. The number of hydrogen-bond acceptors (Lipinski definition) is 5. The summed E-state index contributed by atoms with van der Waals surface area (Å²) in [6.45, 7) is 0.695. The van der Waals surface area contributed by atoms with E-state index in [-0.39, 0.29) is 25.0 Å². The number of benzene rings is 1. The van der Waals surface area contributed by atoms with Crippen molar-refractivity contribution >= 4 is 23.6 Å². The quantitative estimate of drug-likeness (QED) is 0.391. The van der Waals surface area contributed by atoms with Gasteiger partial charge < -0.3 is 25.4 Å². The van der Waals surface area contributed by atoms with Crippen LogP contribution in [0, 0.1) is 0 Å². The first-order valence-electron chi connectivity index (χ1n) is 7.37. The molecule has 9 heteroatoms. The number of nitrogens with zero attached hydrogens (tertiary/aromatic N) is 2. The van der Waals surface area contributed by atoms with Crippen molar-refractivity contribution in [2.24, 2.45) is 4.99 Å². The van der Waals surface area contributed by atoms with Crippen molar-refractivity contribution in [1.29, 1.82) is 0 Å². The Bertz CT molecular complexity index is 631. The van der Waals surface area contributed by atoms with E-state index in [1.807, 2.05) is 6.07 Å². The Morgan fingerprint density at radius 3 is 2.62 bits per heavy atom. The number of ether oxygens (including phenoxy) is 2. The number of urea groups is 1. The van der Waals surface area contributed by atoms with Crippen LogP contribution < -0.4 is 25.4 Å². The third-order valence-electron chi connectivity index (χ3n) is 3.43. The number of hydrogen-bond donors (Lipinski definition) is 3. The number of carbonyl (C=O) groups is 2. The second-order valence-corrected chi connectivity index (χ2v) is 4.90. The fourth-order valence-electron chi connectivity index (χ4n) is 2.20. The molecule has 130 valence electrons. The van der Waals surface area contributed by atoms with E-state index < -0.39 is 0 Å². The van der Waals surface area contributed by atoms with Crippen molar-refractivity contribution < 1.29 is 19.1 Å². The minimum Gasteiger partial charge on any atom is -0.493 e. The number of methoxy groups -OCH3 is 2. The molecule has 0 unspecified atom stereocenters. The van der Waals surface area contributed by atoms with E-state index >= 15 is 0 Å². The number of imide groups is 1. The van der Waals surface area contributed by atoms with Crippen molar-refractivity contribution in [1.82, 2.24) is 15.5 Å². The molecular weight excluding hydrogens is 314 g/mol. The van der Waals surface area contributed by atoms with E-state index in [0.29, 0.717) is 24.0 Å². The minimum absolute atomic E-state index is 0.0530. The van der Waals surface area contributed by atoms with E-state index in [2.05, 4.69) is 20.9 Å². The third kappa shape index (κ3) is 4.06. The predicted molar refractivity (Wildman–Crippen MR) is 89.6 cm³/mol. The van der Waals surface area contributed by atoms with Crippen molar-refractivity contribution in [2.45, 2.75) is 0 Å². The van der Waals surface area contributed by atoms with E-state index in [4.69, 9.17) is 9.47 Å². The van der Waals surface area contributed by atoms with Gasteiger partial charge >= 0.3 is 6.03 Å². The van der Waals surface area contributed by atoms with Crippen LogP contribution >= 0.6 is 0 Å². The van der Waals surface area contributed by atoms with Gasteiger partial charge in [0.25, 0.3) is 0 Å². The molecule has 1 aromatic rings. The molecule has 0 aliphatic carbocycles. The van der Waals surface area contributed by atoms with Crippen LogP contribution in [-0.4, -0.2) is 63.7 Å². The average Bonchev–Trinajstić information content (AvgIpc) is 2.92. The van der Waals surface area contributed by atoms with Gasteiger partial charge in [0.1, 0.15) is 0 Å². The summed E-state index contributed by atoms with van der Waals surface area (Å²) in [6, 6.07) is 5.01.